The van der Waals surface area contributed by atoms with E-state index in [0.717, 1.165) is 43.5 Å². The fourth-order valence-corrected chi connectivity index (χ4v) is 5.82. The van der Waals surface area contributed by atoms with Crippen molar-refractivity contribution in [1.29, 1.82) is 0 Å². The van der Waals surface area contributed by atoms with E-state index < -0.39 is 23.4 Å². The second-order valence-corrected chi connectivity index (χ2v) is 12.5. The number of aromatic carboxylic acids is 1. The van der Waals surface area contributed by atoms with Gasteiger partial charge in [0.05, 0.1) is 12.8 Å². The molecule has 2 heterocycles. The van der Waals surface area contributed by atoms with Crippen molar-refractivity contribution in [1.82, 2.24) is 20.0 Å². The van der Waals surface area contributed by atoms with Gasteiger partial charge in [-0.15, -0.1) is 0 Å². The van der Waals surface area contributed by atoms with E-state index in [0.29, 0.717) is 46.4 Å². The quantitative estimate of drug-likeness (QED) is 0.173. The summed E-state index contributed by atoms with van der Waals surface area (Å²) in [6.07, 6.45) is 14.1. The highest BCUT2D eigenvalue weighted by Crippen LogP contribution is 2.35. The normalized spacial score (nSPS) is 20.9. The number of piperidine rings is 1. The number of carboxylic acids is 1. The monoisotopic (exact) mass is 654 g/mol. The molecular formula is C37H49F3N4O3. The Hall–Kier alpha value is -4.05. The molecule has 7 nitrogen and oxygen atoms in total. The van der Waals surface area contributed by atoms with Crippen molar-refractivity contribution in [2.75, 3.05) is 26.7 Å². The topological polar surface area (TPSA) is 79.6 Å². The lowest BCUT2D eigenvalue weighted by Gasteiger charge is -2.29. The first kappa shape index (κ1) is 37.4. The molecule has 0 saturated carbocycles. The van der Waals surface area contributed by atoms with Gasteiger partial charge in [-0.2, -0.15) is 18.3 Å². The van der Waals surface area contributed by atoms with Crippen molar-refractivity contribution in [2.45, 2.75) is 67.0 Å². The van der Waals surface area contributed by atoms with Gasteiger partial charge in [0.1, 0.15) is 17.1 Å². The SMILES string of the molecule is C=C/C=C(\NC(C)=C(C(C)=C(C)C)/C(=C\C=C/C)OCC1C=CC(C2CCN(C)CC2)=CCC1C)n1ncc(C(=O)O)c1C(F)(F)F. The predicted octanol–water partition coefficient (Wildman–Crippen LogP) is 8.76. The molecule has 0 amide bonds. The molecule has 1 fully saturated rings. The van der Waals surface area contributed by atoms with Gasteiger partial charge in [0.2, 0.25) is 0 Å². The van der Waals surface area contributed by atoms with Crippen molar-refractivity contribution < 1.29 is 27.8 Å². The van der Waals surface area contributed by atoms with Crippen LogP contribution in [0.15, 0.2) is 95.1 Å². The third kappa shape index (κ3) is 9.73. The van der Waals surface area contributed by atoms with Crippen LogP contribution >= 0.6 is 0 Å². The van der Waals surface area contributed by atoms with E-state index in [1.54, 1.807) is 6.92 Å². The summed E-state index contributed by atoms with van der Waals surface area (Å²) in [6.45, 7) is 18.0. The van der Waals surface area contributed by atoms with Crippen LogP contribution < -0.4 is 5.32 Å². The van der Waals surface area contributed by atoms with Gasteiger partial charge in [0.25, 0.3) is 0 Å². The van der Waals surface area contributed by atoms with E-state index in [1.165, 1.54) is 17.7 Å². The maximum Gasteiger partial charge on any atom is 0.434 e. The first-order valence-electron chi connectivity index (χ1n) is 16.1. The summed E-state index contributed by atoms with van der Waals surface area (Å²) in [5.41, 5.74) is 2.08. The lowest BCUT2D eigenvalue weighted by molar-refractivity contribution is -0.143. The van der Waals surface area contributed by atoms with Crippen LogP contribution in [0.3, 0.4) is 0 Å². The number of ether oxygens (including phenoxy) is 1. The van der Waals surface area contributed by atoms with Gasteiger partial charge in [0.15, 0.2) is 5.69 Å². The zero-order valence-corrected chi connectivity index (χ0v) is 28.6. The molecule has 1 saturated heterocycles. The molecule has 0 bridgehead atoms. The van der Waals surface area contributed by atoms with Gasteiger partial charge in [-0.05, 0) is 109 Å². The number of hydrogen-bond acceptors (Lipinski definition) is 5. The molecule has 10 heteroatoms. The molecule has 256 valence electrons. The summed E-state index contributed by atoms with van der Waals surface area (Å²) in [5.74, 6) is -0.221. The average molecular weight is 655 g/mol. The van der Waals surface area contributed by atoms with Gasteiger partial charge >= 0.3 is 12.1 Å². The maximum absolute atomic E-state index is 14.1. The number of aromatic nitrogens is 2. The fourth-order valence-electron chi connectivity index (χ4n) is 5.82. The van der Waals surface area contributed by atoms with Crippen LogP contribution in [0.1, 0.15) is 76.9 Å². The van der Waals surface area contributed by atoms with Gasteiger partial charge in [0, 0.05) is 17.2 Å². The Bertz CT molecular complexity index is 1510. The zero-order valence-electron chi connectivity index (χ0n) is 28.6. The lowest BCUT2D eigenvalue weighted by atomic mass is 9.88. The van der Waals surface area contributed by atoms with Crippen LogP contribution in [-0.4, -0.2) is 52.5 Å². The number of alkyl halides is 3. The largest absolute Gasteiger partial charge is 0.492 e. The molecule has 2 N–H and O–H groups in total. The molecule has 1 aromatic heterocycles. The van der Waals surface area contributed by atoms with Crippen LogP contribution in [0.5, 0.6) is 0 Å². The number of allylic oxidation sites excluding steroid dienone is 11. The Labute approximate surface area is 277 Å². The standard InChI is InChI=1S/C37H49F3N4O3/c1-9-11-13-32(47-23-30-17-16-28(15-14-25(30)5)29-18-20-43(8)21-19-29)34(26(6)24(3)4)27(7)42-33(12-10-2)44-35(37(38,39)40)31(22-41-44)36(45)46/h9-13,15-17,22,25,29-30,42H,2,14,18-21,23H2,1,3-8H3,(H,45,46)/b11-9-,32-13+,33-12+,34-27?. The van der Waals surface area contributed by atoms with Crippen LogP contribution in [0.25, 0.3) is 5.82 Å². The number of halogens is 3. The number of carbonyl (C=O) groups is 1. The van der Waals surface area contributed by atoms with Gasteiger partial charge in [-0.3, -0.25) is 0 Å². The molecule has 2 aliphatic rings. The van der Waals surface area contributed by atoms with Crippen molar-refractivity contribution >= 4 is 11.8 Å². The molecule has 1 aliphatic heterocycles. The number of likely N-dealkylation sites (tertiary alicyclic amines) is 1. The second-order valence-electron chi connectivity index (χ2n) is 12.5. The van der Waals surface area contributed by atoms with Crippen LogP contribution in [-0.2, 0) is 10.9 Å². The van der Waals surface area contributed by atoms with Crippen molar-refractivity contribution in [2.24, 2.45) is 17.8 Å². The smallest absolute Gasteiger partial charge is 0.434 e. The highest BCUT2D eigenvalue weighted by atomic mass is 19.4. The van der Waals surface area contributed by atoms with Gasteiger partial charge in [-0.25, -0.2) is 9.48 Å². The number of nitrogens with one attached hydrogen (secondary N) is 1. The fraction of sp³-hybridized carbons (Fsp3) is 0.459. The lowest BCUT2D eigenvalue weighted by Crippen LogP contribution is -2.30. The summed E-state index contributed by atoms with van der Waals surface area (Å²) in [4.78, 5) is 14.0. The Balaban J connectivity index is 2.00. The summed E-state index contributed by atoms with van der Waals surface area (Å²) >= 11 is 0. The maximum atomic E-state index is 14.1. The van der Waals surface area contributed by atoms with E-state index in [4.69, 9.17) is 4.74 Å². The third-order valence-corrected chi connectivity index (χ3v) is 8.89. The highest BCUT2D eigenvalue weighted by molar-refractivity contribution is 5.89. The third-order valence-electron chi connectivity index (χ3n) is 8.89. The van der Waals surface area contributed by atoms with Gasteiger partial charge < -0.3 is 20.1 Å². The highest BCUT2D eigenvalue weighted by Gasteiger charge is 2.41. The number of nitrogens with zero attached hydrogens (tertiary/aromatic N) is 3. The first-order chi connectivity index (χ1) is 22.2. The molecule has 3 rings (SSSR count). The van der Waals surface area contributed by atoms with E-state index in [9.17, 15) is 23.1 Å². The summed E-state index contributed by atoms with van der Waals surface area (Å²) in [7, 11) is 2.17. The van der Waals surface area contributed by atoms with Crippen LogP contribution in [0.2, 0.25) is 0 Å². The minimum atomic E-state index is -4.98. The number of carboxylic acid groups (broad SMARTS) is 1. The van der Waals surface area contributed by atoms with Crippen LogP contribution in [0, 0.1) is 17.8 Å². The second kappa shape index (κ2) is 16.7. The Morgan fingerprint density at radius 2 is 1.87 bits per heavy atom. The Morgan fingerprint density at radius 1 is 1.19 bits per heavy atom. The predicted molar refractivity (Wildman–Crippen MR) is 182 cm³/mol. The molecule has 2 unspecified atom stereocenters. The summed E-state index contributed by atoms with van der Waals surface area (Å²) in [6, 6.07) is 0. The van der Waals surface area contributed by atoms with E-state index >= 15 is 0 Å². The molecule has 47 heavy (non-hydrogen) atoms. The summed E-state index contributed by atoms with van der Waals surface area (Å²) < 4.78 is 49.5. The van der Waals surface area contributed by atoms with E-state index in [1.807, 2.05) is 45.9 Å². The van der Waals surface area contributed by atoms with E-state index in [-0.39, 0.29) is 11.7 Å². The van der Waals surface area contributed by atoms with E-state index in [2.05, 4.69) is 54.1 Å². The molecule has 2 atom stereocenters. The van der Waals surface area contributed by atoms with Crippen molar-refractivity contribution in [3.05, 3.63) is 106 Å². The minimum absolute atomic E-state index is 0.116. The summed E-state index contributed by atoms with van der Waals surface area (Å²) in [5, 5.41) is 16.3. The Morgan fingerprint density at radius 3 is 2.45 bits per heavy atom. The molecule has 0 spiro atoms. The van der Waals surface area contributed by atoms with Crippen molar-refractivity contribution in [3.63, 3.8) is 0 Å². The van der Waals surface area contributed by atoms with Crippen LogP contribution in [0.4, 0.5) is 13.2 Å². The minimum Gasteiger partial charge on any atom is -0.492 e. The first-order valence-corrected chi connectivity index (χ1v) is 16.1. The molecule has 1 aliphatic carbocycles. The van der Waals surface area contributed by atoms with Crippen molar-refractivity contribution in [3.8, 4) is 0 Å². The molecule has 1 aromatic rings. The molecule has 0 radical (unpaired) electrons. The molecule has 0 aromatic carbocycles. The zero-order chi connectivity index (χ0) is 34.9. The number of rotatable bonds is 12. The average Bonchev–Trinajstić information content (AvgIpc) is 3.39. The van der Waals surface area contributed by atoms with Gasteiger partial charge in [-0.1, -0.05) is 55.5 Å². The number of hydrogen-bond donors (Lipinski definition) is 2. The Kier molecular flexibility index (Phi) is 13.3. The molecular weight excluding hydrogens is 605 g/mol.